The maximum absolute atomic E-state index is 13.2. The van der Waals surface area contributed by atoms with Gasteiger partial charge >= 0.3 is 0 Å². The van der Waals surface area contributed by atoms with E-state index in [4.69, 9.17) is 18.9 Å². The Morgan fingerprint density at radius 3 is 2.59 bits per heavy atom. The largest absolute Gasteiger partial charge is 0.497 e. The summed E-state index contributed by atoms with van der Waals surface area (Å²) in [5, 5.41) is 0. The lowest BCUT2D eigenvalue weighted by molar-refractivity contribution is -0.134. The molecule has 2 saturated heterocycles. The number of carbonyl (C=O) groups is 1. The van der Waals surface area contributed by atoms with Gasteiger partial charge in [-0.15, -0.1) is 0 Å². The molecule has 0 radical (unpaired) electrons. The number of hydrogen-bond acceptors (Lipinski definition) is 7. The molecule has 2 fully saturated rings. The van der Waals surface area contributed by atoms with Gasteiger partial charge in [0.25, 0.3) is 0 Å². The number of ether oxygens (including phenoxy) is 4. The van der Waals surface area contributed by atoms with E-state index < -0.39 is 0 Å². The SMILES string of the molecule is COc1ccc([C@@H]2CCCN2CC(=O)N2CCN(Cc3ccc4c(c3)OCO4)CC2)c(OC)c1. The number of methoxy groups -OCH3 is 2. The van der Waals surface area contributed by atoms with Gasteiger partial charge in [-0.25, -0.2) is 0 Å². The van der Waals surface area contributed by atoms with E-state index in [0.29, 0.717) is 13.3 Å². The number of likely N-dealkylation sites (tertiary alicyclic amines) is 1. The van der Waals surface area contributed by atoms with Gasteiger partial charge in [-0.1, -0.05) is 12.1 Å². The summed E-state index contributed by atoms with van der Waals surface area (Å²) in [6.45, 7) is 5.78. The molecular weight excluding hydrogens is 434 g/mol. The fourth-order valence-electron chi connectivity index (χ4n) is 5.19. The average Bonchev–Trinajstić information content (AvgIpc) is 3.53. The van der Waals surface area contributed by atoms with Crippen LogP contribution >= 0.6 is 0 Å². The standard InChI is InChI=1S/C26H33N3O5/c1-31-20-6-7-21(24(15-20)32-2)22-4-3-9-29(22)17-26(30)28-12-10-27(11-13-28)16-19-5-8-23-25(14-19)34-18-33-23/h5-8,14-15,22H,3-4,9-13,16-18H2,1-2H3/t22-/m0/s1. The van der Waals surface area contributed by atoms with Gasteiger partial charge in [-0.05, 0) is 43.1 Å². The molecule has 2 aromatic carbocycles. The molecule has 5 rings (SSSR count). The van der Waals surface area contributed by atoms with Crippen molar-refractivity contribution in [3.05, 3.63) is 47.5 Å². The molecule has 0 aliphatic carbocycles. The average molecular weight is 468 g/mol. The van der Waals surface area contributed by atoms with E-state index in [-0.39, 0.29) is 11.9 Å². The van der Waals surface area contributed by atoms with E-state index in [9.17, 15) is 4.79 Å². The van der Waals surface area contributed by atoms with Crippen molar-refractivity contribution in [3.8, 4) is 23.0 Å². The minimum atomic E-state index is 0.192. The van der Waals surface area contributed by atoms with Gasteiger partial charge in [0.15, 0.2) is 11.5 Å². The molecule has 0 spiro atoms. The van der Waals surface area contributed by atoms with Gasteiger partial charge < -0.3 is 23.8 Å². The summed E-state index contributed by atoms with van der Waals surface area (Å²) in [4.78, 5) is 19.9. The third-order valence-corrected chi connectivity index (χ3v) is 7.07. The molecule has 3 aliphatic rings. The number of rotatable bonds is 7. The van der Waals surface area contributed by atoms with Crippen LogP contribution in [0.3, 0.4) is 0 Å². The van der Waals surface area contributed by atoms with Crippen LogP contribution in [0.15, 0.2) is 36.4 Å². The van der Waals surface area contributed by atoms with E-state index in [0.717, 1.165) is 80.7 Å². The molecule has 3 aliphatic heterocycles. The zero-order valence-corrected chi connectivity index (χ0v) is 20.0. The van der Waals surface area contributed by atoms with Gasteiger partial charge in [0.1, 0.15) is 11.5 Å². The molecule has 2 aromatic rings. The van der Waals surface area contributed by atoms with Crippen molar-refractivity contribution in [2.24, 2.45) is 0 Å². The molecule has 8 heteroatoms. The van der Waals surface area contributed by atoms with E-state index >= 15 is 0 Å². The smallest absolute Gasteiger partial charge is 0.236 e. The van der Waals surface area contributed by atoms with Crippen LogP contribution in [0.5, 0.6) is 23.0 Å². The highest BCUT2D eigenvalue weighted by Crippen LogP contribution is 2.38. The second kappa shape index (κ2) is 10.1. The third-order valence-electron chi connectivity index (χ3n) is 7.07. The lowest BCUT2D eigenvalue weighted by atomic mass is 10.0. The number of benzene rings is 2. The lowest BCUT2D eigenvalue weighted by Crippen LogP contribution is -2.50. The third kappa shape index (κ3) is 4.79. The Hall–Kier alpha value is -2.97. The number of nitrogens with zero attached hydrogens (tertiary/aromatic N) is 3. The maximum atomic E-state index is 13.2. The first kappa shape index (κ1) is 22.8. The van der Waals surface area contributed by atoms with Crippen molar-refractivity contribution < 1.29 is 23.7 Å². The quantitative estimate of drug-likeness (QED) is 0.621. The van der Waals surface area contributed by atoms with Crippen LogP contribution in [0.25, 0.3) is 0 Å². The summed E-state index contributed by atoms with van der Waals surface area (Å²) < 4.78 is 21.9. The van der Waals surface area contributed by atoms with E-state index in [1.54, 1.807) is 14.2 Å². The van der Waals surface area contributed by atoms with Gasteiger partial charge in [0, 0.05) is 50.4 Å². The van der Waals surface area contributed by atoms with Crippen molar-refractivity contribution in [2.45, 2.75) is 25.4 Å². The van der Waals surface area contributed by atoms with Gasteiger partial charge in [0.05, 0.1) is 20.8 Å². The second-order valence-electron chi connectivity index (χ2n) is 9.08. The highest BCUT2D eigenvalue weighted by molar-refractivity contribution is 5.78. The molecule has 0 N–H and O–H groups in total. The summed E-state index contributed by atoms with van der Waals surface area (Å²) in [5.41, 5.74) is 2.33. The van der Waals surface area contributed by atoms with Gasteiger partial charge in [-0.2, -0.15) is 0 Å². The van der Waals surface area contributed by atoms with Crippen LogP contribution in [-0.2, 0) is 11.3 Å². The van der Waals surface area contributed by atoms with Gasteiger partial charge in [0.2, 0.25) is 12.7 Å². The number of piperazine rings is 1. The van der Waals surface area contributed by atoms with Crippen LogP contribution in [0.1, 0.15) is 30.0 Å². The minimum absolute atomic E-state index is 0.192. The minimum Gasteiger partial charge on any atom is -0.497 e. The first-order chi connectivity index (χ1) is 16.6. The van der Waals surface area contributed by atoms with Crippen LogP contribution in [0.4, 0.5) is 0 Å². The topological polar surface area (TPSA) is 63.7 Å². The fourth-order valence-corrected chi connectivity index (χ4v) is 5.19. The second-order valence-corrected chi connectivity index (χ2v) is 9.08. The zero-order valence-electron chi connectivity index (χ0n) is 20.0. The molecule has 0 unspecified atom stereocenters. The molecule has 3 heterocycles. The van der Waals surface area contributed by atoms with Crippen molar-refractivity contribution in [1.29, 1.82) is 0 Å². The van der Waals surface area contributed by atoms with Crippen molar-refractivity contribution in [3.63, 3.8) is 0 Å². The Bertz CT molecular complexity index is 1020. The summed E-state index contributed by atoms with van der Waals surface area (Å²) in [6.07, 6.45) is 2.11. The molecule has 1 atom stereocenters. The number of fused-ring (bicyclic) bond motifs is 1. The Kier molecular flexibility index (Phi) is 6.78. The predicted octanol–water partition coefficient (Wildman–Crippen LogP) is 2.91. The molecule has 0 bridgehead atoms. The maximum Gasteiger partial charge on any atom is 0.236 e. The van der Waals surface area contributed by atoms with E-state index in [1.165, 1.54) is 5.56 Å². The van der Waals surface area contributed by atoms with Crippen LogP contribution in [0, 0.1) is 0 Å². The lowest BCUT2D eigenvalue weighted by Gasteiger charge is -2.36. The highest BCUT2D eigenvalue weighted by atomic mass is 16.7. The monoisotopic (exact) mass is 467 g/mol. The summed E-state index contributed by atoms with van der Waals surface area (Å²) in [5.74, 6) is 3.44. The summed E-state index contributed by atoms with van der Waals surface area (Å²) in [7, 11) is 3.34. The predicted molar refractivity (Wildman–Crippen MR) is 128 cm³/mol. The molecular formula is C26H33N3O5. The Balaban J connectivity index is 1.15. The van der Waals surface area contributed by atoms with E-state index in [1.807, 2.05) is 23.1 Å². The molecule has 0 aromatic heterocycles. The van der Waals surface area contributed by atoms with Crippen molar-refractivity contribution in [2.75, 3.05) is 60.3 Å². The molecule has 182 valence electrons. The summed E-state index contributed by atoms with van der Waals surface area (Å²) in [6, 6.07) is 12.3. The summed E-state index contributed by atoms with van der Waals surface area (Å²) >= 11 is 0. The van der Waals surface area contributed by atoms with Gasteiger partial charge in [-0.3, -0.25) is 14.6 Å². The molecule has 34 heavy (non-hydrogen) atoms. The number of carbonyl (C=O) groups excluding carboxylic acids is 1. The number of hydrogen-bond donors (Lipinski definition) is 0. The van der Waals surface area contributed by atoms with Crippen molar-refractivity contribution in [1.82, 2.24) is 14.7 Å². The normalized spacial score (nSPS) is 20.5. The van der Waals surface area contributed by atoms with Crippen LogP contribution in [0.2, 0.25) is 0 Å². The number of amides is 1. The first-order valence-electron chi connectivity index (χ1n) is 12.0. The van der Waals surface area contributed by atoms with Crippen molar-refractivity contribution >= 4 is 5.91 Å². The Morgan fingerprint density at radius 2 is 1.79 bits per heavy atom. The van der Waals surface area contributed by atoms with E-state index in [2.05, 4.69) is 28.0 Å². The molecule has 1 amide bonds. The molecule has 0 saturated carbocycles. The molecule has 8 nitrogen and oxygen atoms in total. The Morgan fingerprint density at radius 1 is 0.971 bits per heavy atom. The van der Waals surface area contributed by atoms with Crippen LogP contribution < -0.4 is 18.9 Å². The fraction of sp³-hybridized carbons (Fsp3) is 0.500. The van der Waals surface area contributed by atoms with Crippen LogP contribution in [-0.4, -0.2) is 80.9 Å². The Labute approximate surface area is 200 Å². The first-order valence-corrected chi connectivity index (χ1v) is 12.0. The zero-order chi connectivity index (χ0) is 23.5. The highest BCUT2D eigenvalue weighted by Gasteiger charge is 2.32.